The molecule has 1 aliphatic rings. The maximum atomic E-state index is 10.6. The molecule has 0 bridgehead atoms. The van der Waals surface area contributed by atoms with Gasteiger partial charge in [-0.2, -0.15) is 0 Å². The molecule has 18 heavy (non-hydrogen) atoms. The zero-order valence-electron chi connectivity index (χ0n) is 10.4. The fourth-order valence-corrected chi connectivity index (χ4v) is 2.96. The Labute approximate surface area is 106 Å². The second kappa shape index (κ2) is 4.48. The Morgan fingerprint density at radius 3 is 3.11 bits per heavy atom. The Morgan fingerprint density at radius 1 is 1.39 bits per heavy atom. The Morgan fingerprint density at radius 2 is 2.28 bits per heavy atom. The Kier molecular flexibility index (Phi) is 2.82. The van der Waals surface area contributed by atoms with Gasteiger partial charge in [0.25, 0.3) is 0 Å². The van der Waals surface area contributed by atoms with E-state index in [1.807, 2.05) is 0 Å². The number of hydrogen-bond donors (Lipinski definition) is 1. The van der Waals surface area contributed by atoms with E-state index < -0.39 is 5.97 Å². The highest BCUT2D eigenvalue weighted by Gasteiger charge is 2.15. The van der Waals surface area contributed by atoms with Crippen molar-refractivity contribution in [3.8, 4) is 0 Å². The van der Waals surface area contributed by atoms with Crippen molar-refractivity contribution in [3.05, 3.63) is 35.5 Å². The van der Waals surface area contributed by atoms with Crippen LogP contribution in [0.25, 0.3) is 10.9 Å². The van der Waals surface area contributed by atoms with E-state index in [1.165, 1.54) is 28.5 Å². The van der Waals surface area contributed by atoms with Crippen molar-refractivity contribution >= 4 is 16.9 Å². The van der Waals surface area contributed by atoms with Gasteiger partial charge in [0, 0.05) is 24.5 Å². The third kappa shape index (κ3) is 1.90. The molecule has 0 unspecified atom stereocenters. The van der Waals surface area contributed by atoms with Gasteiger partial charge in [-0.3, -0.25) is 4.79 Å². The quantitative estimate of drug-likeness (QED) is 0.897. The fourth-order valence-electron chi connectivity index (χ4n) is 2.96. The minimum Gasteiger partial charge on any atom is -0.481 e. The monoisotopic (exact) mass is 243 g/mol. The first-order valence-corrected chi connectivity index (χ1v) is 6.57. The zero-order chi connectivity index (χ0) is 12.5. The predicted octanol–water partition coefficient (Wildman–Crippen LogP) is 2.99. The lowest BCUT2D eigenvalue weighted by atomic mass is 10.0. The van der Waals surface area contributed by atoms with Crippen molar-refractivity contribution in [1.82, 2.24) is 4.57 Å². The first kappa shape index (κ1) is 11.3. The van der Waals surface area contributed by atoms with Crippen LogP contribution in [0.2, 0.25) is 0 Å². The van der Waals surface area contributed by atoms with Crippen LogP contribution in [-0.2, 0) is 24.2 Å². The summed E-state index contributed by atoms with van der Waals surface area (Å²) in [6.45, 7) is 1.09. The first-order chi connectivity index (χ1) is 8.75. The number of aryl methyl sites for hydroxylation is 3. The van der Waals surface area contributed by atoms with Crippen LogP contribution in [0.1, 0.15) is 30.4 Å². The topological polar surface area (TPSA) is 42.2 Å². The molecule has 0 radical (unpaired) electrons. The van der Waals surface area contributed by atoms with Crippen molar-refractivity contribution in [2.75, 3.05) is 0 Å². The molecule has 2 heterocycles. The molecule has 1 aromatic carbocycles. The van der Waals surface area contributed by atoms with E-state index in [4.69, 9.17) is 5.11 Å². The molecule has 0 fully saturated rings. The van der Waals surface area contributed by atoms with Gasteiger partial charge in [-0.25, -0.2) is 0 Å². The van der Waals surface area contributed by atoms with Crippen LogP contribution in [0.4, 0.5) is 0 Å². The van der Waals surface area contributed by atoms with Crippen molar-refractivity contribution in [2.24, 2.45) is 0 Å². The van der Waals surface area contributed by atoms with Crippen molar-refractivity contribution in [3.63, 3.8) is 0 Å². The number of benzene rings is 1. The first-order valence-electron chi connectivity index (χ1n) is 6.57. The summed E-state index contributed by atoms with van der Waals surface area (Å²) in [6.07, 6.45) is 6.42. The highest BCUT2D eigenvalue weighted by Crippen LogP contribution is 2.30. The molecule has 3 rings (SSSR count). The molecule has 94 valence electrons. The van der Waals surface area contributed by atoms with E-state index in [1.54, 1.807) is 0 Å². The largest absolute Gasteiger partial charge is 0.481 e. The summed E-state index contributed by atoms with van der Waals surface area (Å²) in [5.74, 6) is -0.705. The number of carbonyl (C=O) groups is 1. The average molecular weight is 243 g/mol. The minimum atomic E-state index is -0.705. The van der Waals surface area contributed by atoms with E-state index in [0.29, 0.717) is 0 Å². The Hall–Kier alpha value is -1.77. The second-order valence-corrected chi connectivity index (χ2v) is 5.01. The van der Waals surface area contributed by atoms with E-state index >= 15 is 0 Å². The van der Waals surface area contributed by atoms with Crippen LogP contribution >= 0.6 is 0 Å². The van der Waals surface area contributed by atoms with Gasteiger partial charge in [0.05, 0.1) is 5.52 Å². The molecule has 1 N–H and O–H groups in total. The van der Waals surface area contributed by atoms with Crippen LogP contribution in [-0.4, -0.2) is 15.6 Å². The van der Waals surface area contributed by atoms with Gasteiger partial charge in [-0.1, -0.05) is 18.2 Å². The van der Waals surface area contributed by atoms with Gasteiger partial charge in [0.1, 0.15) is 0 Å². The summed E-state index contributed by atoms with van der Waals surface area (Å²) >= 11 is 0. The number of nitrogens with zero attached hydrogens (tertiary/aromatic N) is 1. The molecule has 1 aromatic heterocycles. The molecule has 1 aliphatic heterocycles. The number of para-hydroxylation sites is 1. The maximum Gasteiger partial charge on any atom is 0.303 e. The van der Waals surface area contributed by atoms with E-state index in [0.717, 1.165) is 25.8 Å². The molecule has 0 atom stereocenters. The summed E-state index contributed by atoms with van der Waals surface area (Å²) < 4.78 is 2.34. The molecule has 2 aromatic rings. The van der Waals surface area contributed by atoms with Gasteiger partial charge >= 0.3 is 5.97 Å². The normalized spacial score (nSPS) is 14.0. The highest BCUT2D eigenvalue weighted by atomic mass is 16.4. The number of aromatic nitrogens is 1. The Bertz CT molecular complexity index is 598. The fraction of sp³-hybridized carbons (Fsp3) is 0.400. The SMILES string of the molecule is O=C(O)CCCc1cn2c3c(cccc13)CCC2. The van der Waals surface area contributed by atoms with Crippen LogP contribution in [0.15, 0.2) is 24.4 Å². The smallest absolute Gasteiger partial charge is 0.303 e. The molecule has 0 saturated heterocycles. The lowest BCUT2D eigenvalue weighted by Gasteiger charge is -2.14. The molecule has 0 spiro atoms. The third-order valence-electron chi connectivity index (χ3n) is 3.75. The molecule has 3 nitrogen and oxygen atoms in total. The summed E-state index contributed by atoms with van der Waals surface area (Å²) in [4.78, 5) is 10.6. The van der Waals surface area contributed by atoms with Crippen LogP contribution in [0.5, 0.6) is 0 Å². The molecular formula is C15H17NO2. The highest BCUT2D eigenvalue weighted by molar-refractivity contribution is 5.87. The summed E-state index contributed by atoms with van der Waals surface area (Å²) in [6, 6.07) is 6.49. The lowest BCUT2D eigenvalue weighted by molar-refractivity contribution is -0.137. The standard InChI is InChI=1S/C15H17NO2/c17-14(18)8-2-5-12-10-16-9-3-6-11-4-1-7-13(12)15(11)16/h1,4,7,10H,2-3,5-6,8-9H2,(H,17,18). The second-order valence-electron chi connectivity index (χ2n) is 5.01. The molecule has 3 heteroatoms. The molecule has 0 amide bonds. The number of carboxylic acid groups (broad SMARTS) is 1. The van der Waals surface area contributed by atoms with E-state index in [2.05, 4.69) is 29.0 Å². The van der Waals surface area contributed by atoms with Crippen LogP contribution < -0.4 is 0 Å². The number of carboxylic acids is 1. The van der Waals surface area contributed by atoms with Crippen LogP contribution in [0.3, 0.4) is 0 Å². The zero-order valence-corrected chi connectivity index (χ0v) is 10.4. The van der Waals surface area contributed by atoms with Gasteiger partial charge in [0.15, 0.2) is 0 Å². The van der Waals surface area contributed by atoms with Crippen molar-refractivity contribution < 1.29 is 9.90 Å². The van der Waals surface area contributed by atoms with Crippen LogP contribution in [0, 0.1) is 0 Å². The number of rotatable bonds is 4. The minimum absolute atomic E-state index is 0.256. The number of aliphatic carboxylic acids is 1. The lowest BCUT2D eigenvalue weighted by Crippen LogP contribution is -2.05. The van der Waals surface area contributed by atoms with Gasteiger partial charge < -0.3 is 9.67 Å². The summed E-state index contributed by atoms with van der Waals surface area (Å²) in [5, 5.41) is 10.0. The maximum absolute atomic E-state index is 10.6. The number of hydrogen-bond acceptors (Lipinski definition) is 1. The summed E-state index contributed by atoms with van der Waals surface area (Å²) in [7, 11) is 0. The molecule has 0 aliphatic carbocycles. The third-order valence-corrected chi connectivity index (χ3v) is 3.75. The van der Waals surface area contributed by atoms with Gasteiger partial charge in [0.2, 0.25) is 0 Å². The molecular weight excluding hydrogens is 226 g/mol. The summed E-state index contributed by atoms with van der Waals surface area (Å²) in [5.41, 5.74) is 4.10. The van der Waals surface area contributed by atoms with E-state index in [-0.39, 0.29) is 6.42 Å². The van der Waals surface area contributed by atoms with Crippen molar-refractivity contribution in [1.29, 1.82) is 0 Å². The Balaban J connectivity index is 1.94. The molecule has 0 saturated carbocycles. The van der Waals surface area contributed by atoms with Crippen molar-refractivity contribution in [2.45, 2.75) is 38.6 Å². The van der Waals surface area contributed by atoms with E-state index in [9.17, 15) is 4.79 Å². The average Bonchev–Trinajstić information content (AvgIpc) is 2.70. The predicted molar refractivity (Wildman–Crippen MR) is 70.8 cm³/mol. The van der Waals surface area contributed by atoms with Gasteiger partial charge in [-0.15, -0.1) is 0 Å². The van der Waals surface area contributed by atoms with Gasteiger partial charge in [-0.05, 0) is 36.8 Å².